The highest BCUT2D eigenvalue weighted by Gasteiger charge is 2.22. The van der Waals surface area contributed by atoms with Crippen molar-refractivity contribution in [3.05, 3.63) is 53.1 Å². The zero-order valence-electron chi connectivity index (χ0n) is 11.0. The number of hydrogen-bond donors (Lipinski definition) is 0. The summed E-state index contributed by atoms with van der Waals surface area (Å²) in [6.45, 7) is 1.85. The molecule has 0 aliphatic carbocycles. The number of rotatable bonds is 4. The number of aryl methyl sites for hydroxylation is 1. The molecule has 0 fully saturated rings. The molecule has 0 radical (unpaired) electrons. The Morgan fingerprint density at radius 1 is 1.10 bits per heavy atom. The molecular formula is C14H13ClO4S. The molecule has 0 saturated heterocycles. The summed E-state index contributed by atoms with van der Waals surface area (Å²) < 4.78 is 34.7. The molecule has 0 aliphatic rings. The van der Waals surface area contributed by atoms with E-state index in [1.54, 1.807) is 24.3 Å². The molecule has 0 spiro atoms. The first-order chi connectivity index (χ1) is 9.42. The third-order valence-electron chi connectivity index (χ3n) is 2.59. The number of halogens is 1. The molecule has 0 heterocycles. The minimum Gasteiger partial charge on any atom is -0.495 e. The fourth-order valence-electron chi connectivity index (χ4n) is 1.68. The van der Waals surface area contributed by atoms with Crippen LogP contribution in [0.3, 0.4) is 0 Å². The molecule has 0 bridgehead atoms. The van der Waals surface area contributed by atoms with Crippen LogP contribution in [0.2, 0.25) is 5.02 Å². The second-order valence-corrected chi connectivity index (χ2v) is 6.10. The molecule has 0 atom stereocenters. The average molecular weight is 313 g/mol. The van der Waals surface area contributed by atoms with Gasteiger partial charge in [-0.2, -0.15) is 8.42 Å². The standard InChI is InChI=1S/C14H13ClO4S/c1-10-4-3-5-12(8-10)19-20(16,17)14-9-11(15)6-7-13(14)18-2/h3-9H,1-2H3. The summed E-state index contributed by atoms with van der Waals surface area (Å²) in [6, 6.07) is 11.1. The van der Waals surface area contributed by atoms with Crippen molar-refractivity contribution in [3.63, 3.8) is 0 Å². The van der Waals surface area contributed by atoms with E-state index in [1.807, 2.05) is 13.0 Å². The van der Waals surface area contributed by atoms with E-state index < -0.39 is 10.1 Å². The summed E-state index contributed by atoms with van der Waals surface area (Å²) in [6.07, 6.45) is 0. The lowest BCUT2D eigenvalue weighted by molar-refractivity contribution is 0.398. The van der Waals surface area contributed by atoms with Gasteiger partial charge in [-0.25, -0.2) is 0 Å². The van der Waals surface area contributed by atoms with Gasteiger partial charge in [-0.05, 0) is 42.8 Å². The van der Waals surface area contributed by atoms with Crippen molar-refractivity contribution in [2.24, 2.45) is 0 Å². The van der Waals surface area contributed by atoms with Gasteiger partial charge in [0.1, 0.15) is 16.4 Å². The SMILES string of the molecule is COc1ccc(Cl)cc1S(=O)(=O)Oc1cccc(C)c1. The van der Waals surface area contributed by atoms with Crippen molar-refractivity contribution in [3.8, 4) is 11.5 Å². The predicted molar refractivity (Wildman–Crippen MR) is 77.0 cm³/mol. The monoisotopic (exact) mass is 312 g/mol. The molecule has 2 rings (SSSR count). The summed E-state index contributed by atoms with van der Waals surface area (Å²) >= 11 is 5.83. The van der Waals surface area contributed by atoms with E-state index in [9.17, 15) is 8.42 Å². The van der Waals surface area contributed by atoms with Crippen molar-refractivity contribution in [2.75, 3.05) is 7.11 Å². The van der Waals surface area contributed by atoms with Crippen LogP contribution in [0.1, 0.15) is 5.56 Å². The lowest BCUT2D eigenvalue weighted by Gasteiger charge is -2.11. The molecule has 0 aromatic heterocycles. The van der Waals surface area contributed by atoms with Crippen LogP contribution in [-0.4, -0.2) is 15.5 Å². The van der Waals surface area contributed by atoms with Crippen LogP contribution in [0, 0.1) is 6.92 Å². The molecule has 2 aromatic rings. The van der Waals surface area contributed by atoms with E-state index in [0.29, 0.717) is 0 Å². The van der Waals surface area contributed by atoms with Gasteiger partial charge < -0.3 is 8.92 Å². The van der Waals surface area contributed by atoms with E-state index in [-0.39, 0.29) is 21.4 Å². The lowest BCUT2D eigenvalue weighted by atomic mass is 10.2. The normalized spacial score (nSPS) is 11.2. The maximum absolute atomic E-state index is 12.3. The Morgan fingerprint density at radius 2 is 1.85 bits per heavy atom. The Labute approximate surface area is 123 Å². The van der Waals surface area contributed by atoms with E-state index in [1.165, 1.54) is 19.2 Å². The van der Waals surface area contributed by atoms with Gasteiger partial charge in [0, 0.05) is 5.02 Å². The highest BCUT2D eigenvalue weighted by molar-refractivity contribution is 7.87. The smallest absolute Gasteiger partial charge is 0.342 e. The molecule has 106 valence electrons. The van der Waals surface area contributed by atoms with Crippen LogP contribution in [0.4, 0.5) is 0 Å². The fraction of sp³-hybridized carbons (Fsp3) is 0.143. The first kappa shape index (κ1) is 14.7. The van der Waals surface area contributed by atoms with Crippen molar-refractivity contribution in [2.45, 2.75) is 11.8 Å². The fourth-order valence-corrected chi connectivity index (χ4v) is 3.04. The average Bonchev–Trinajstić information content (AvgIpc) is 2.38. The van der Waals surface area contributed by atoms with Crippen LogP contribution >= 0.6 is 11.6 Å². The van der Waals surface area contributed by atoms with Gasteiger partial charge in [0.05, 0.1) is 7.11 Å². The third kappa shape index (κ3) is 3.23. The third-order valence-corrected chi connectivity index (χ3v) is 4.10. The molecule has 4 nitrogen and oxygen atoms in total. The summed E-state index contributed by atoms with van der Waals surface area (Å²) in [5.41, 5.74) is 0.899. The number of ether oxygens (including phenoxy) is 1. The lowest BCUT2D eigenvalue weighted by Crippen LogP contribution is -2.11. The first-order valence-electron chi connectivity index (χ1n) is 5.77. The van der Waals surface area contributed by atoms with Crippen LogP contribution < -0.4 is 8.92 Å². The Balaban J connectivity index is 2.43. The molecule has 2 aromatic carbocycles. The van der Waals surface area contributed by atoms with E-state index in [0.717, 1.165) is 5.56 Å². The van der Waals surface area contributed by atoms with Crippen molar-refractivity contribution >= 4 is 21.7 Å². The topological polar surface area (TPSA) is 52.6 Å². The maximum atomic E-state index is 12.3. The van der Waals surface area contributed by atoms with Gasteiger partial charge in [0.15, 0.2) is 0 Å². The molecule has 20 heavy (non-hydrogen) atoms. The summed E-state index contributed by atoms with van der Waals surface area (Å²) in [5, 5.41) is 0.289. The van der Waals surface area contributed by atoms with Crippen LogP contribution in [-0.2, 0) is 10.1 Å². The molecule has 6 heteroatoms. The van der Waals surface area contributed by atoms with Crippen molar-refractivity contribution in [1.82, 2.24) is 0 Å². The van der Waals surface area contributed by atoms with Gasteiger partial charge in [-0.1, -0.05) is 23.7 Å². The minimum atomic E-state index is -4.00. The molecule has 0 unspecified atom stereocenters. The zero-order valence-corrected chi connectivity index (χ0v) is 12.5. The Hall–Kier alpha value is -1.72. The molecule has 0 N–H and O–H groups in total. The van der Waals surface area contributed by atoms with E-state index in [4.69, 9.17) is 20.5 Å². The van der Waals surface area contributed by atoms with Crippen LogP contribution in [0.5, 0.6) is 11.5 Å². The van der Waals surface area contributed by atoms with E-state index in [2.05, 4.69) is 0 Å². The van der Waals surface area contributed by atoms with E-state index >= 15 is 0 Å². The Morgan fingerprint density at radius 3 is 2.50 bits per heavy atom. The number of benzene rings is 2. The largest absolute Gasteiger partial charge is 0.495 e. The van der Waals surface area contributed by atoms with Crippen molar-refractivity contribution in [1.29, 1.82) is 0 Å². The van der Waals surface area contributed by atoms with Gasteiger partial charge in [-0.15, -0.1) is 0 Å². The number of methoxy groups -OCH3 is 1. The van der Waals surface area contributed by atoms with Gasteiger partial charge >= 0.3 is 10.1 Å². The van der Waals surface area contributed by atoms with Crippen LogP contribution in [0.15, 0.2) is 47.4 Å². The minimum absolute atomic E-state index is 0.103. The quantitative estimate of drug-likeness (QED) is 0.812. The second kappa shape index (κ2) is 5.73. The summed E-state index contributed by atoms with van der Waals surface area (Å²) in [7, 11) is -2.62. The van der Waals surface area contributed by atoms with Crippen molar-refractivity contribution < 1.29 is 17.3 Å². The molecular weight excluding hydrogens is 300 g/mol. The molecule has 0 aliphatic heterocycles. The number of hydrogen-bond acceptors (Lipinski definition) is 4. The summed E-state index contributed by atoms with van der Waals surface area (Å²) in [4.78, 5) is -0.103. The van der Waals surface area contributed by atoms with Crippen LogP contribution in [0.25, 0.3) is 0 Å². The van der Waals surface area contributed by atoms with Gasteiger partial charge in [0.2, 0.25) is 0 Å². The predicted octanol–water partition coefficient (Wildman–Crippen LogP) is 3.42. The highest BCUT2D eigenvalue weighted by Crippen LogP contribution is 2.29. The summed E-state index contributed by atoms with van der Waals surface area (Å²) in [5.74, 6) is 0.425. The second-order valence-electron chi connectivity index (χ2n) is 4.15. The zero-order chi connectivity index (χ0) is 14.8. The Kier molecular flexibility index (Phi) is 4.20. The molecule has 0 saturated carbocycles. The Bertz CT molecular complexity index is 726. The molecule has 0 amide bonds. The highest BCUT2D eigenvalue weighted by atomic mass is 35.5. The van der Waals surface area contributed by atoms with Gasteiger partial charge in [-0.3, -0.25) is 0 Å². The maximum Gasteiger partial charge on any atom is 0.342 e. The first-order valence-corrected chi connectivity index (χ1v) is 7.56. The van der Waals surface area contributed by atoms with Gasteiger partial charge in [0.25, 0.3) is 0 Å².